The standard InChI is InChI=1S/C15H13Br3FN/c1-20-15(10-4-11(16)7-12(17)5-10)6-9-2-3-13(19)8-14(9)18/h2-5,7-8,15,20H,6H2,1H3. The second-order valence-electron chi connectivity index (χ2n) is 4.48. The highest BCUT2D eigenvalue weighted by molar-refractivity contribution is 9.11. The number of hydrogen-bond acceptors (Lipinski definition) is 1. The van der Waals surface area contributed by atoms with Crippen LogP contribution in [-0.2, 0) is 6.42 Å². The molecular weight excluding hydrogens is 453 g/mol. The van der Waals surface area contributed by atoms with Crippen LogP contribution in [0.4, 0.5) is 4.39 Å². The zero-order valence-corrected chi connectivity index (χ0v) is 15.5. The van der Waals surface area contributed by atoms with Crippen molar-refractivity contribution in [2.75, 3.05) is 7.05 Å². The van der Waals surface area contributed by atoms with Crippen molar-refractivity contribution in [1.82, 2.24) is 5.32 Å². The first kappa shape index (κ1) is 16.1. The van der Waals surface area contributed by atoms with Gasteiger partial charge < -0.3 is 5.32 Å². The van der Waals surface area contributed by atoms with Crippen molar-refractivity contribution in [2.24, 2.45) is 0 Å². The van der Waals surface area contributed by atoms with Crippen molar-refractivity contribution in [3.05, 3.63) is 66.8 Å². The van der Waals surface area contributed by atoms with Crippen LogP contribution in [0.25, 0.3) is 0 Å². The predicted molar refractivity (Wildman–Crippen MR) is 91.4 cm³/mol. The molecule has 0 aliphatic rings. The maximum absolute atomic E-state index is 13.1. The monoisotopic (exact) mass is 463 g/mol. The normalized spacial score (nSPS) is 12.4. The summed E-state index contributed by atoms with van der Waals surface area (Å²) in [6.45, 7) is 0. The largest absolute Gasteiger partial charge is 0.313 e. The maximum atomic E-state index is 13.1. The highest BCUT2D eigenvalue weighted by Gasteiger charge is 2.13. The Hall–Kier alpha value is -0.230. The fourth-order valence-electron chi connectivity index (χ4n) is 2.07. The molecule has 0 fully saturated rings. The van der Waals surface area contributed by atoms with Gasteiger partial charge in [0.05, 0.1) is 0 Å². The third kappa shape index (κ3) is 4.13. The van der Waals surface area contributed by atoms with Gasteiger partial charge >= 0.3 is 0 Å². The molecule has 0 aromatic heterocycles. The summed E-state index contributed by atoms with van der Waals surface area (Å²) in [6, 6.07) is 11.1. The predicted octanol–water partition coefficient (Wildman–Crippen LogP) is 5.62. The average molecular weight is 466 g/mol. The number of benzene rings is 2. The molecule has 0 bridgehead atoms. The van der Waals surface area contributed by atoms with E-state index in [9.17, 15) is 4.39 Å². The molecule has 106 valence electrons. The van der Waals surface area contributed by atoms with Crippen LogP contribution in [0.15, 0.2) is 49.8 Å². The van der Waals surface area contributed by atoms with Crippen molar-refractivity contribution in [3.8, 4) is 0 Å². The molecule has 1 atom stereocenters. The Morgan fingerprint density at radius 2 is 1.70 bits per heavy atom. The van der Waals surface area contributed by atoms with E-state index in [-0.39, 0.29) is 11.9 Å². The van der Waals surface area contributed by atoms with Crippen LogP contribution in [0.5, 0.6) is 0 Å². The zero-order chi connectivity index (χ0) is 14.7. The Bertz CT molecular complexity index is 596. The summed E-state index contributed by atoms with van der Waals surface area (Å²) in [5.74, 6) is -0.230. The maximum Gasteiger partial charge on any atom is 0.124 e. The van der Waals surface area contributed by atoms with Gasteiger partial charge in [-0.2, -0.15) is 0 Å². The van der Waals surface area contributed by atoms with Crippen LogP contribution in [0, 0.1) is 5.82 Å². The zero-order valence-electron chi connectivity index (χ0n) is 10.8. The van der Waals surface area contributed by atoms with Gasteiger partial charge in [0.1, 0.15) is 5.82 Å². The molecule has 0 saturated carbocycles. The van der Waals surface area contributed by atoms with Crippen LogP contribution >= 0.6 is 47.8 Å². The molecule has 0 saturated heterocycles. The van der Waals surface area contributed by atoms with Crippen molar-refractivity contribution < 1.29 is 4.39 Å². The van der Waals surface area contributed by atoms with Crippen LogP contribution < -0.4 is 5.32 Å². The summed E-state index contributed by atoms with van der Waals surface area (Å²) >= 11 is 10.4. The molecule has 1 unspecified atom stereocenters. The molecule has 2 aromatic rings. The first-order valence-corrected chi connectivity index (χ1v) is 8.44. The number of likely N-dealkylation sites (N-methyl/N-ethyl adjacent to an activating group) is 1. The summed E-state index contributed by atoms with van der Waals surface area (Å²) in [5.41, 5.74) is 2.24. The second-order valence-corrected chi connectivity index (χ2v) is 7.17. The van der Waals surface area contributed by atoms with Gasteiger partial charge in [-0.05, 0) is 54.9 Å². The summed E-state index contributed by atoms with van der Waals surface area (Å²) in [6.07, 6.45) is 0.778. The van der Waals surface area contributed by atoms with Gasteiger partial charge in [-0.1, -0.05) is 53.9 Å². The number of nitrogens with one attached hydrogen (secondary N) is 1. The van der Waals surface area contributed by atoms with Gasteiger partial charge in [0.2, 0.25) is 0 Å². The van der Waals surface area contributed by atoms with Gasteiger partial charge in [0.25, 0.3) is 0 Å². The molecule has 0 spiro atoms. The van der Waals surface area contributed by atoms with E-state index in [2.05, 4.69) is 65.2 Å². The molecule has 2 rings (SSSR count). The highest BCUT2D eigenvalue weighted by atomic mass is 79.9. The Kier molecular flexibility index (Phi) is 5.78. The van der Waals surface area contributed by atoms with Gasteiger partial charge in [-0.25, -0.2) is 4.39 Å². The summed E-state index contributed by atoms with van der Waals surface area (Å²) in [7, 11) is 1.93. The van der Waals surface area contributed by atoms with Gasteiger partial charge in [-0.3, -0.25) is 0 Å². The molecule has 0 aliphatic heterocycles. The molecule has 0 heterocycles. The van der Waals surface area contributed by atoms with Crippen LogP contribution in [-0.4, -0.2) is 7.05 Å². The molecule has 20 heavy (non-hydrogen) atoms. The van der Waals surface area contributed by atoms with Gasteiger partial charge in [0.15, 0.2) is 0 Å². The SMILES string of the molecule is CNC(Cc1ccc(F)cc1Br)c1cc(Br)cc(Br)c1. The molecule has 1 N–H and O–H groups in total. The van der Waals surface area contributed by atoms with Gasteiger partial charge in [-0.15, -0.1) is 0 Å². The van der Waals surface area contributed by atoms with Crippen LogP contribution in [0.3, 0.4) is 0 Å². The van der Waals surface area contributed by atoms with E-state index in [0.717, 1.165) is 25.4 Å². The lowest BCUT2D eigenvalue weighted by atomic mass is 9.99. The first-order chi connectivity index (χ1) is 9.49. The summed E-state index contributed by atoms with van der Waals surface area (Å²) < 4.78 is 16.0. The van der Waals surface area contributed by atoms with Crippen molar-refractivity contribution in [3.63, 3.8) is 0 Å². The Labute approximate surface area is 143 Å². The van der Waals surface area contributed by atoms with Crippen molar-refractivity contribution in [1.29, 1.82) is 0 Å². The van der Waals surface area contributed by atoms with E-state index >= 15 is 0 Å². The molecule has 1 nitrogen and oxygen atoms in total. The quantitative estimate of drug-likeness (QED) is 0.618. The fourth-order valence-corrected chi connectivity index (χ4v) is 3.91. The highest BCUT2D eigenvalue weighted by Crippen LogP contribution is 2.28. The summed E-state index contributed by atoms with van der Waals surface area (Å²) in [5, 5.41) is 3.31. The third-order valence-corrected chi connectivity index (χ3v) is 4.73. The first-order valence-electron chi connectivity index (χ1n) is 6.07. The Morgan fingerprint density at radius 3 is 2.25 bits per heavy atom. The van der Waals surface area contributed by atoms with Crippen LogP contribution in [0.2, 0.25) is 0 Å². The molecule has 0 amide bonds. The van der Waals surface area contributed by atoms with E-state index < -0.39 is 0 Å². The lowest BCUT2D eigenvalue weighted by molar-refractivity contribution is 0.587. The van der Waals surface area contributed by atoms with E-state index in [1.807, 2.05) is 19.2 Å². The smallest absolute Gasteiger partial charge is 0.124 e. The van der Waals surface area contributed by atoms with E-state index in [0.29, 0.717) is 0 Å². The van der Waals surface area contributed by atoms with E-state index in [1.54, 1.807) is 0 Å². The number of hydrogen-bond donors (Lipinski definition) is 1. The Morgan fingerprint density at radius 1 is 1.05 bits per heavy atom. The number of halogens is 4. The molecule has 2 aromatic carbocycles. The topological polar surface area (TPSA) is 12.0 Å². The minimum atomic E-state index is -0.230. The summed E-state index contributed by atoms with van der Waals surface area (Å²) in [4.78, 5) is 0. The van der Waals surface area contributed by atoms with Crippen molar-refractivity contribution >= 4 is 47.8 Å². The molecule has 0 radical (unpaired) electrons. The van der Waals surface area contributed by atoms with Crippen LogP contribution in [0.1, 0.15) is 17.2 Å². The van der Waals surface area contributed by atoms with E-state index in [1.165, 1.54) is 17.7 Å². The third-order valence-electron chi connectivity index (χ3n) is 3.07. The Balaban J connectivity index is 2.28. The average Bonchev–Trinajstić information content (AvgIpc) is 2.36. The lowest BCUT2D eigenvalue weighted by Crippen LogP contribution is -2.19. The molecule has 5 heteroatoms. The minimum absolute atomic E-state index is 0.158. The van der Waals surface area contributed by atoms with E-state index in [4.69, 9.17) is 0 Å². The number of rotatable bonds is 4. The van der Waals surface area contributed by atoms with Crippen molar-refractivity contribution in [2.45, 2.75) is 12.5 Å². The lowest BCUT2D eigenvalue weighted by Gasteiger charge is -2.18. The second kappa shape index (κ2) is 7.16. The minimum Gasteiger partial charge on any atom is -0.313 e. The molecular formula is C15H13Br3FN. The fraction of sp³-hybridized carbons (Fsp3) is 0.200. The van der Waals surface area contributed by atoms with Gasteiger partial charge in [0, 0.05) is 19.5 Å². The molecule has 0 aliphatic carbocycles.